The molecule has 0 amide bonds. The lowest BCUT2D eigenvalue weighted by atomic mass is 10.0. The van der Waals surface area contributed by atoms with E-state index in [1.165, 1.54) is 0 Å². The summed E-state index contributed by atoms with van der Waals surface area (Å²) in [6, 6.07) is 7.12. The average Bonchev–Trinajstić information content (AvgIpc) is 2.74. The molecule has 1 aromatic heterocycles. The van der Waals surface area contributed by atoms with E-state index in [0.717, 1.165) is 5.56 Å². The molecular formula is C12H10Cl2OS. The van der Waals surface area contributed by atoms with Gasteiger partial charge in [-0.3, -0.25) is 0 Å². The Morgan fingerprint density at radius 3 is 2.75 bits per heavy atom. The van der Waals surface area contributed by atoms with E-state index in [0.29, 0.717) is 22.0 Å². The Morgan fingerprint density at radius 2 is 2.06 bits per heavy atom. The second-order valence-electron chi connectivity index (χ2n) is 3.52. The predicted molar refractivity (Wildman–Crippen MR) is 69.4 cm³/mol. The van der Waals surface area contributed by atoms with Crippen molar-refractivity contribution in [3.05, 3.63) is 56.2 Å². The van der Waals surface area contributed by atoms with Crippen LogP contribution in [0.2, 0.25) is 10.0 Å². The second kappa shape index (κ2) is 5.19. The third-order valence-corrected chi connectivity index (χ3v) is 3.64. The minimum absolute atomic E-state index is 0.548. The van der Waals surface area contributed by atoms with Crippen LogP contribution >= 0.6 is 34.5 Å². The Morgan fingerprint density at radius 1 is 1.25 bits per heavy atom. The van der Waals surface area contributed by atoms with E-state index < -0.39 is 6.10 Å². The molecule has 84 valence electrons. The Balaban J connectivity index is 2.20. The van der Waals surface area contributed by atoms with Gasteiger partial charge in [-0.15, -0.1) is 0 Å². The summed E-state index contributed by atoms with van der Waals surface area (Å²) in [5, 5.41) is 15.2. The summed E-state index contributed by atoms with van der Waals surface area (Å²) in [7, 11) is 0. The van der Waals surface area contributed by atoms with Crippen molar-refractivity contribution in [3.63, 3.8) is 0 Å². The van der Waals surface area contributed by atoms with Gasteiger partial charge in [0, 0.05) is 22.0 Å². The van der Waals surface area contributed by atoms with Crippen LogP contribution in [0.25, 0.3) is 0 Å². The van der Waals surface area contributed by atoms with Gasteiger partial charge in [0.15, 0.2) is 0 Å². The summed E-state index contributed by atoms with van der Waals surface area (Å²) in [5.74, 6) is 0. The van der Waals surface area contributed by atoms with E-state index in [1.807, 2.05) is 16.8 Å². The van der Waals surface area contributed by atoms with Gasteiger partial charge in [-0.25, -0.2) is 0 Å². The highest BCUT2D eigenvalue weighted by Gasteiger charge is 2.13. The first kappa shape index (κ1) is 11.9. The first-order valence-corrected chi connectivity index (χ1v) is 6.51. The molecule has 2 aromatic rings. The summed E-state index contributed by atoms with van der Waals surface area (Å²) in [6.45, 7) is 0. The summed E-state index contributed by atoms with van der Waals surface area (Å²) in [4.78, 5) is 0. The Labute approximate surface area is 108 Å². The fourth-order valence-electron chi connectivity index (χ4n) is 1.51. The lowest BCUT2D eigenvalue weighted by molar-refractivity contribution is 0.178. The zero-order valence-electron chi connectivity index (χ0n) is 8.36. The number of hydrogen-bond donors (Lipinski definition) is 1. The minimum Gasteiger partial charge on any atom is -0.388 e. The van der Waals surface area contributed by atoms with Crippen molar-refractivity contribution in [2.75, 3.05) is 0 Å². The van der Waals surface area contributed by atoms with E-state index in [4.69, 9.17) is 23.2 Å². The molecule has 0 saturated heterocycles. The van der Waals surface area contributed by atoms with Gasteiger partial charge < -0.3 is 5.11 Å². The summed E-state index contributed by atoms with van der Waals surface area (Å²) >= 11 is 13.5. The van der Waals surface area contributed by atoms with Crippen LogP contribution in [-0.2, 0) is 6.42 Å². The molecule has 0 spiro atoms. The summed E-state index contributed by atoms with van der Waals surface area (Å²) in [6.07, 6.45) is -0.0513. The molecule has 1 aromatic carbocycles. The quantitative estimate of drug-likeness (QED) is 0.882. The summed E-state index contributed by atoms with van der Waals surface area (Å²) < 4.78 is 0. The van der Waals surface area contributed by atoms with Crippen LogP contribution in [0.1, 0.15) is 17.2 Å². The SMILES string of the molecule is OC(Cc1ccsc1)c1cc(Cl)ccc1Cl. The van der Waals surface area contributed by atoms with Crippen molar-refractivity contribution in [2.45, 2.75) is 12.5 Å². The van der Waals surface area contributed by atoms with Crippen LogP contribution in [0, 0.1) is 0 Å². The molecule has 0 bridgehead atoms. The smallest absolute Gasteiger partial charge is 0.0845 e. The van der Waals surface area contributed by atoms with Crippen molar-refractivity contribution in [1.29, 1.82) is 0 Å². The highest BCUT2D eigenvalue weighted by molar-refractivity contribution is 7.07. The zero-order valence-corrected chi connectivity index (χ0v) is 10.7. The number of aliphatic hydroxyl groups is 1. The Hall–Kier alpha value is -0.540. The van der Waals surface area contributed by atoms with Gasteiger partial charge in [0.05, 0.1) is 6.10 Å². The first-order valence-electron chi connectivity index (χ1n) is 4.81. The van der Waals surface area contributed by atoms with Gasteiger partial charge >= 0.3 is 0 Å². The van der Waals surface area contributed by atoms with Gasteiger partial charge in [-0.05, 0) is 40.6 Å². The average molecular weight is 273 g/mol. The number of benzene rings is 1. The maximum absolute atomic E-state index is 10.1. The number of thiophene rings is 1. The van der Waals surface area contributed by atoms with Crippen LogP contribution < -0.4 is 0 Å². The third-order valence-electron chi connectivity index (χ3n) is 2.33. The van der Waals surface area contributed by atoms with Crippen molar-refractivity contribution in [2.24, 2.45) is 0 Å². The molecule has 1 nitrogen and oxygen atoms in total. The fraction of sp³-hybridized carbons (Fsp3) is 0.167. The lowest BCUT2D eigenvalue weighted by Gasteiger charge is -2.12. The Kier molecular flexibility index (Phi) is 3.87. The molecule has 1 heterocycles. The van der Waals surface area contributed by atoms with Crippen LogP contribution in [0.15, 0.2) is 35.0 Å². The number of aliphatic hydroxyl groups excluding tert-OH is 1. The molecule has 2 rings (SSSR count). The largest absolute Gasteiger partial charge is 0.388 e. The van der Waals surface area contributed by atoms with Gasteiger partial charge in [0.1, 0.15) is 0 Å². The molecule has 0 aliphatic carbocycles. The maximum atomic E-state index is 10.1. The van der Waals surface area contributed by atoms with E-state index in [1.54, 1.807) is 29.5 Å². The van der Waals surface area contributed by atoms with E-state index in [2.05, 4.69) is 0 Å². The predicted octanol–water partition coefficient (Wildman–Crippen LogP) is 4.33. The highest BCUT2D eigenvalue weighted by Crippen LogP contribution is 2.28. The normalized spacial score (nSPS) is 12.7. The van der Waals surface area contributed by atoms with Crippen molar-refractivity contribution >= 4 is 34.5 Å². The standard InChI is InChI=1S/C12H10Cl2OS/c13-9-1-2-11(14)10(6-9)12(15)5-8-3-4-16-7-8/h1-4,6-7,12,15H,5H2. The highest BCUT2D eigenvalue weighted by atomic mass is 35.5. The molecule has 0 radical (unpaired) electrons. The van der Waals surface area contributed by atoms with E-state index in [-0.39, 0.29) is 0 Å². The van der Waals surface area contributed by atoms with Crippen LogP contribution in [0.5, 0.6) is 0 Å². The number of rotatable bonds is 3. The Bertz CT molecular complexity index is 468. The molecular weight excluding hydrogens is 263 g/mol. The molecule has 4 heteroatoms. The molecule has 0 aliphatic rings. The molecule has 1 unspecified atom stereocenters. The summed E-state index contributed by atoms with van der Waals surface area (Å²) in [5.41, 5.74) is 1.79. The van der Waals surface area contributed by atoms with Gasteiger partial charge in [0.2, 0.25) is 0 Å². The monoisotopic (exact) mass is 272 g/mol. The van der Waals surface area contributed by atoms with Gasteiger partial charge in [0.25, 0.3) is 0 Å². The van der Waals surface area contributed by atoms with Crippen LogP contribution in [-0.4, -0.2) is 5.11 Å². The number of hydrogen-bond acceptors (Lipinski definition) is 2. The molecule has 1 N–H and O–H groups in total. The van der Waals surface area contributed by atoms with Crippen molar-refractivity contribution in [3.8, 4) is 0 Å². The van der Waals surface area contributed by atoms with Crippen LogP contribution in [0.4, 0.5) is 0 Å². The second-order valence-corrected chi connectivity index (χ2v) is 5.14. The molecule has 16 heavy (non-hydrogen) atoms. The maximum Gasteiger partial charge on any atom is 0.0845 e. The fourth-order valence-corrected chi connectivity index (χ4v) is 2.62. The molecule has 1 atom stereocenters. The van der Waals surface area contributed by atoms with Crippen molar-refractivity contribution in [1.82, 2.24) is 0 Å². The van der Waals surface area contributed by atoms with Crippen molar-refractivity contribution < 1.29 is 5.11 Å². The zero-order chi connectivity index (χ0) is 11.5. The van der Waals surface area contributed by atoms with E-state index >= 15 is 0 Å². The third kappa shape index (κ3) is 2.77. The first-order chi connectivity index (χ1) is 7.66. The molecule has 0 saturated carbocycles. The number of halogens is 2. The van der Waals surface area contributed by atoms with Gasteiger partial charge in [-0.2, -0.15) is 11.3 Å². The topological polar surface area (TPSA) is 20.2 Å². The molecule has 0 aliphatic heterocycles. The van der Waals surface area contributed by atoms with Gasteiger partial charge in [-0.1, -0.05) is 23.2 Å². The van der Waals surface area contributed by atoms with Crippen LogP contribution in [0.3, 0.4) is 0 Å². The molecule has 0 fully saturated rings. The minimum atomic E-state index is -0.610. The van der Waals surface area contributed by atoms with E-state index in [9.17, 15) is 5.11 Å². The lowest BCUT2D eigenvalue weighted by Crippen LogP contribution is -2.01.